The van der Waals surface area contributed by atoms with E-state index < -0.39 is 0 Å². The van der Waals surface area contributed by atoms with Gasteiger partial charge in [0.25, 0.3) is 11.8 Å². The zero-order chi connectivity index (χ0) is 24.9. The fraction of sp³-hybridized carbons (Fsp3) is 0.552. The lowest BCUT2D eigenvalue weighted by molar-refractivity contribution is 0.0723. The van der Waals surface area contributed by atoms with E-state index in [1.807, 2.05) is 15.9 Å². The second kappa shape index (κ2) is 11.2. The number of carbonyl (C=O) groups is 2. The molecule has 1 fully saturated rings. The highest BCUT2D eigenvalue weighted by Crippen LogP contribution is 2.36. The van der Waals surface area contributed by atoms with E-state index in [0.29, 0.717) is 12.1 Å². The zero-order valence-electron chi connectivity index (χ0n) is 21.8. The Morgan fingerprint density at radius 3 is 2.54 bits per heavy atom. The molecule has 0 saturated carbocycles. The molecule has 0 spiro atoms. The van der Waals surface area contributed by atoms with Crippen LogP contribution in [0.4, 0.5) is 11.5 Å². The zero-order valence-corrected chi connectivity index (χ0v) is 21.8. The summed E-state index contributed by atoms with van der Waals surface area (Å²) in [5.74, 6) is 1.44. The standard InChI is InChI=1S/C29H40N4O2/c1-5-13-32-20-23-17-24(11-12-25(23)29(32)35)33(14-6-2)27-26(21(4)7-3)18-22(19-30-27)28(34)31-15-9-8-10-16-31/h11-12,17-19,21H,5-10,13-16,20H2,1-4H3. The van der Waals surface area contributed by atoms with Gasteiger partial charge in [0.2, 0.25) is 0 Å². The van der Waals surface area contributed by atoms with E-state index in [1.54, 1.807) is 6.20 Å². The molecule has 1 atom stereocenters. The number of nitrogens with zero attached hydrogens (tertiary/aromatic N) is 4. The van der Waals surface area contributed by atoms with Gasteiger partial charge in [-0.3, -0.25) is 9.59 Å². The maximum absolute atomic E-state index is 13.2. The number of piperidine rings is 1. The summed E-state index contributed by atoms with van der Waals surface area (Å²) in [5.41, 5.74) is 4.77. The number of likely N-dealkylation sites (tertiary alicyclic amines) is 1. The van der Waals surface area contributed by atoms with E-state index in [0.717, 1.165) is 86.5 Å². The van der Waals surface area contributed by atoms with Crippen molar-refractivity contribution in [3.63, 3.8) is 0 Å². The summed E-state index contributed by atoms with van der Waals surface area (Å²) >= 11 is 0. The average Bonchev–Trinajstić information content (AvgIpc) is 3.21. The van der Waals surface area contributed by atoms with Gasteiger partial charge in [-0.05, 0) is 79.8 Å². The number of aromatic nitrogens is 1. The molecular weight excluding hydrogens is 436 g/mol. The third-order valence-corrected chi connectivity index (χ3v) is 7.40. The van der Waals surface area contributed by atoms with Crippen LogP contribution in [0.25, 0.3) is 0 Å². The van der Waals surface area contributed by atoms with Crippen molar-refractivity contribution in [2.45, 2.75) is 78.7 Å². The summed E-state index contributed by atoms with van der Waals surface area (Å²) < 4.78 is 0. The average molecular weight is 477 g/mol. The molecule has 0 radical (unpaired) electrons. The van der Waals surface area contributed by atoms with Gasteiger partial charge >= 0.3 is 0 Å². The number of pyridine rings is 1. The Hall–Kier alpha value is -2.89. The van der Waals surface area contributed by atoms with E-state index in [4.69, 9.17) is 4.98 Å². The fourth-order valence-electron chi connectivity index (χ4n) is 5.25. The molecular formula is C29H40N4O2. The molecule has 2 aromatic rings. The molecule has 0 bridgehead atoms. The van der Waals surface area contributed by atoms with Crippen LogP contribution >= 0.6 is 0 Å². The molecule has 6 heteroatoms. The molecule has 1 saturated heterocycles. The number of amides is 2. The molecule has 2 aliphatic rings. The highest BCUT2D eigenvalue weighted by molar-refractivity contribution is 5.99. The van der Waals surface area contributed by atoms with E-state index in [-0.39, 0.29) is 17.7 Å². The number of hydrogen-bond acceptors (Lipinski definition) is 4. The van der Waals surface area contributed by atoms with Crippen molar-refractivity contribution in [3.8, 4) is 0 Å². The Morgan fingerprint density at radius 1 is 1.09 bits per heavy atom. The van der Waals surface area contributed by atoms with Gasteiger partial charge < -0.3 is 14.7 Å². The second-order valence-corrected chi connectivity index (χ2v) is 10.0. The highest BCUT2D eigenvalue weighted by Gasteiger charge is 2.28. The lowest BCUT2D eigenvalue weighted by Crippen LogP contribution is -2.35. The van der Waals surface area contributed by atoms with Crippen molar-refractivity contribution >= 4 is 23.3 Å². The number of fused-ring (bicyclic) bond motifs is 1. The summed E-state index contributed by atoms with van der Waals surface area (Å²) in [4.78, 5) is 37.0. The maximum atomic E-state index is 13.2. The third kappa shape index (κ3) is 5.21. The Balaban J connectivity index is 1.70. The van der Waals surface area contributed by atoms with Crippen LogP contribution in [0.3, 0.4) is 0 Å². The van der Waals surface area contributed by atoms with E-state index in [2.05, 4.69) is 50.8 Å². The van der Waals surface area contributed by atoms with Crippen LogP contribution in [0.1, 0.15) is 104 Å². The highest BCUT2D eigenvalue weighted by atomic mass is 16.2. The minimum absolute atomic E-state index is 0.0994. The maximum Gasteiger partial charge on any atom is 0.255 e. The minimum atomic E-state index is 0.0994. The minimum Gasteiger partial charge on any atom is -0.339 e. The molecule has 2 amide bonds. The van der Waals surface area contributed by atoms with Crippen molar-refractivity contribution < 1.29 is 9.59 Å². The first-order valence-electron chi connectivity index (χ1n) is 13.5. The van der Waals surface area contributed by atoms with E-state index in [1.165, 1.54) is 6.42 Å². The smallest absolute Gasteiger partial charge is 0.255 e. The predicted molar refractivity (Wildman–Crippen MR) is 141 cm³/mol. The van der Waals surface area contributed by atoms with Crippen LogP contribution in [0, 0.1) is 0 Å². The molecule has 0 N–H and O–H groups in total. The summed E-state index contributed by atoms with van der Waals surface area (Å²) in [6.07, 6.45) is 8.02. The van der Waals surface area contributed by atoms with Crippen molar-refractivity contribution in [2.24, 2.45) is 0 Å². The van der Waals surface area contributed by atoms with Gasteiger partial charge in [-0.2, -0.15) is 0 Å². The van der Waals surface area contributed by atoms with Crippen molar-refractivity contribution in [1.29, 1.82) is 0 Å². The van der Waals surface area contributed by atoms with Crippen LogP contribution in [-0.4, -0.2) is 52.8 Å². The largest absolute Gasteiger partial charge is 0.339 e. The summed E-state index contributed by atoms with van der Waals surface area (Å²) in [5, 5.41) is 0. The van der Waals surface area contributed by atoms with E-state index in [9.17, 15) is 9.59 Å². The summed E-state index contributed by atoms with van der Waals surface area (Å²) in [7, 11) is 0. The summed E-state index contributed by atoms with van der Waals surface area (Å²) in [6.45, 7) is 12.6. The summed E-state index contributed by atoms with van der Waals surface area (Å²) in [6, 6.07) is 8.27. The Labute approximate surface area is 210 Å². The normalized spacial score (nSPS) is 16.4. The third-order valence-electron chi connectivity index (χ3n) is 7.40. The monoisotopic (exact) mass is 476 g/mol. The van der Waals surface area contributed by atoms with Gasteiger partial charge in [0.15, 0.2) is 0 Å². The lowest BCUT2D eigenvalue weighted by Gasteiger charge is -2.30. The molecule has 3 heterocycles. The quantitative estimate of drug-likeness (QED) is 0.436. The Kier molecular flexibility index (Phi) is 8.09. The van der Waals surface area contributed by atoms with Gasteiger partial charge in [0, 0.05) is 50.2 Å². The molecule has 188 valence electrons. The van der Waals surface area contributed by atoms with Crippen molar-refractivity contribution in [1.82, 2.24) is 14.8 Å². The first-order valence-corrected chi connectivity index (χ1v) is 13.5. The van der Waals surface area contributed by atoms with Gasteiger partial charge in [-0.25, -0.2) is 4.98 Å². The second-order valence-electron chi connectivity index (χ2n) is 10.0. The van der Waals surface area contributed by atoms with Crippen LogP contribution in [0.2, 0.25) is 0 Å². The lowest BCUT2D eigenvalue weighted by atomic mass is 9.96. The van der Waals surface area contributed by atoms with Gasteiger partial charge in [-0.1, -0.05) is 27.7 Å². The number of rotatable bonds is 9. The Bertz CT molecular complexity index is 1060. The number of anilines is 2. The Morgan fingerprint density at radius 2 is 1.86 bits per heavy atom. The first-order chi connectivity index (χ1) is 17.0. The van der Waals surface area contributed by atoms with Crippen LogP contribution in [0.15, 0.2) is 30.5 Å². The van der Waals surface area contributed by atoms with Gasteiger partial charge in [-0.15, -0.1) is 0 Å². The SMILES string of the molecule is CCCN1Cc2cc(N(CCC)c3ncc(C(=O)N4CCCCC4)cc3C(C)CC)ccc2C1=O. The van der Waals surface area contributed by atoms with Crippen molar-refractivity contribution in [3.05, 3.63) is 52.7 Å². The number of benzene rings is 1. The number of carbonyl (C=O) groups excluding carboxylic acids is 2. The van der Waals surface area contributed by atoms with Gasteiger partial charge in [0.1, 0.15) is 5.82 Å². The van der Waals surface area contributed by atoms with Crippen LogP contribution < -0.4 is 4.90 Å². The first kappa shape index (κ1) is 25.2. The van der Waals surface area contributed by atoms with Gasteiger partial charge in [0.05, 0.1) is 5.56 Å². The van der Waals surface area contributed by atoms with Crippen LogP contribution in [0.5, 0.6) is 0 Å². The van der Waals surface area contributed by atoms with Crippen molar-refractivity contribution in [2.75, 3.05) is 31.1 Å². The van der Waals surface area contributed by atoms with Crippen LogP contribution in [-0.2, 0) is 6.54 Å². The van der Waals surface area contributed by atoms with E-state index >= 15 is 0 Å². The molecule has 1 aromatic heterocycles. The molecule has 0 aliphatic carbocycles. The fourth-order valence-corrected chi connectivity index (χ4v) is 5.25. The molecule has 4 rings (SSSR count). The topological polar surface area (TPSA) is 56.8 Å². The predicted octanol–water partition coefficient (Wildman–Crippen LogP) is 6.14. The molecule has 35 heavy (non-hydrogen) atoms. The molecule has 1 unspecified atom stereocenters. The molecule has 2 aliphatic heterocycles. The molecule has 1 aromatic carbocycles. The number of hydrogen-bond donors (Lipinski definition) is 0. The molecule has 6 nitrogen and oxygen atoms in total.